The highest BCUT2D eigenvalue weighted by Crippen LogP contribution is 2.36. The van der Waals surface area contributed by atoms with Gasteiger partial charge in [0.2, 0.25) is 0 Å². The molecule has 82 valence electrons. The van der Waals surface area contributed by atoms with E-state index in [-0.39, 0.29) is 6.10 Å². The van der Waals surface area contributed by atoms with Crippen LogP contribution >= 0.6 is 15.9 Å². The number of ether oxygens (including phenoxy) is 2. The van der Waals surface area contributed by atoms with Crippen molar-refractivity contribution in [1.29, 1.82) is 0 Å². The van der Waals surface area contributed by atoms with Crippen LogP contribution in [0.1, 0.15) is 0 Å². The first-order valence-electron chi connectivity index (χ1n) is 4.88. The molecular weight excluding hydrogens is 258 g/mol. The third kappa shape index (κ3) is 2.26. The van der Waals surface area contributed by atoms with Gasteiger partial charge in [0.1, 0.15) is 6.10 Å². The molecule has 1 aromatic carbocycles. The standard InChI is InChI=1S/C11H14BrNO2/c1-13-6-8(7-13)15-11-9(12)4-3-5-10(11)14-2/h3-5,8H,6-7H2,1-2H3. The summed E-state index contributed by atoms with van der Waals surface area (Å²) in [6.07, 6.45) is 0.280. The van der Waals surface area contributed by atoms with Crippen LogP contribution in [0.2, 0.25) is 0 Å². The van der Waals surface area contributed by atoms with Crippen molar-refractivity contribution in [2.45, 2.75) is 6.10 Å². The normalized spacial score (nSPS) is 17.3. The number of para-hydroxylation sites is 1. The van der Waals surface area contributed by atoms with Gasteiger partial charge in [-0.1, -0.05) is 6.07 Å². The van der Waals surface area contributed by atoms with E-state index < -0.39 is 0 Å². The summed E-state index contributed by atoms with van der Waals surface area (Å²) in [6, 6.07) is 5.80. The van der Waals surface area contributed by atoms with Crippen molar-refractivity contribution >= 4 is 15.9 Å². The summed E-state index contributed by atoms with van der Waals surface area (Å²) in [5.41, 5.74) is 0. The number of hydrogen-bond donors (Lipinski definition) is 0. The molecule has 4 heteroatoms. The fourth-order valence-electron chi connectivity index (χ4n) is 1.65. The van der Waals surface area contributed by atoms with E-state index in [1.165, 1.54) is 0 Å². The number of likely N-dealkylation sites (tertiary alicyclic amines) is 1. The van der Waals surface area contributed by atoms with Crippen LogP contribution in [0.3, 0.4) is 0 Å². The average Bonchev–Trinajstić information content (AvgIpc) is 2.18. The van der Waals surface area contributed by atoms with Gasteiger partial charge < -0.3 is 9.47 Å². The maximum Gasteiger partial charge on any atom is 0.175 e. The van der Waals surface area contributed by atoms with Crippen LogP contribution < -0.4 is 9.47 Å². The average molecular weight is 272 g/mol. The zero-order valence-corrected chi connectivity index (χ0v) is 10.5. The minimum atomic E-state index is 0.280. The predicted molar refractivity (Wildman–Crippen MR) is 62.6 cm³/mol. The largest absolute Gasteiger partial charge is 0.493 e. The molecule has 1 heterocycles. The Morgan fingerprint density at radius 3 is 2.73 bits per heavy atom. The molecule has 2 rings (SSSR count). The van der Waals surface area contributed by atoms with Crippen LogP contribution in [0.4, 0.5) is 0 Å². The fraction of sp³-hybridized carbons (Fsp3) is 0.455. The lowest BCUT2D eigenvalue weighted by Gasteiger charge is -2.36. The van der Waals surface area contributed by atoms with Crippen LogP contribution in [0.25, 0.3) is 0 Å². The topological polar surface area (TPSA) is 21.7 Å². The lowest BCUT2D eigenvalue weighted by molar-refractivity contribution is 0.0364. The summed E-state index contributed by atoms with van der Waals surface area (Å²) in [5.74, 6) is 1.58. The second-order valence-electron chi connectivity index (χ2n) is 3.73. The minimum absolute atomic E-state index is 0.280. The molecule has 0 radical (unpaired) electrons. The van der Waals surface area contributed by atoms with E-state index in [2.05, 4.69) is 27.9 Å². The summed E-state index contributed by atoms with van der Waals surface area (Å²) in [5, 5.41) is 0. The number of rotatable bonds is 3. The van der Waals surface area contributed by atoms with Gasteiger partial charge in [-0.25, -0.2) is 0 Å². The SMILES string of the molecule is COc1cccc(Br)c1OC1CN(C)C1. The zero-order chi connectivity index (χ0) is 10.8. The Hall–Kier alpha value is -0.740. The maximum atomic E-state index is 5.86. The van der Waals surface area contributed by atoms with Crippen LogP contribution in [0.5, 0.6) is 11.5 Å². The Morgan fingerprint density at radius 1 is 1.40 bits per heavy atom. The first-order chi connectivity index (χ1) is 7.20. The van der Waals surface area contributed by atoms with E-state index in [0.717, 1.165) is 29.1 Å². The quantitative estimate of drug-likeness (QED) is 0.841. The molecule has 1 aliphatic rings. The Labute approximate surface area is 98.1 Å². The van der Waals surface area contributed by atoms with Crippen molar-refractivity contribution in [2.24, 2.45) is 0 Å². The van der Waals surface area contributed by atoms with Crippen molar-refractivity contribution in [2.75, 3.05) is 27.2 Å². The Balaban J connectivity index is 2.12. The van der Waals surface area contributed by atoms with E-state index in [0.29, 0.717) is 0 Å². The van der Waals surface area contributed by atoms with Crippen LogP contribution in [0.15, 0.2) is 22.7 Å². The van der Waals surface area contributed by atoms with Crippen molar-refractivity contribution in [3.05, 3.63) is 22.7 Å². The van der Waals surface area contributed by atoms with Gasteiger partial charge in [-0.15, -0.1) is 0 Å². The van der Waals surface area contributed by atoms with Gasteiger partial charge in [0.25, 0.3) is 0 Å². The molecule has 0 aliphatic carbocycles. The van der Waals surface area contributed by atoms with Gasteiger partial charge in [-0.2, -0.15) is 0 Å². The van der Waals surface area contributed by atoms with Gasteiger partial charge >= 0.3 is 0 Å². The highest BCUT2D eigenvalue weighted by atomic mass is 79.9. The van der Waals surface area contributed by atoms with Crippen molar-refractivity contribution in [3.63, 3.8) is 0 Å². The molecule has 0 atom stereocenters. The van der Waals surface area contributed by atoms with Gasteiger partial charge in [-0.3, -0.25) is 4.90 Å². The van der Waals surface area contributed by atoms with Gasteiger partial charge in [0.15, 0.2) is 11.5 Å². The van der Waals surface area contributed by atoms with Crippen molar-refractivity contribution in [3.8, 4) is 11.5 Å². The molecule has 3 nitrogen and oxygen atoms in total. The number of hydrogen-bond acceptors (Lipinski definition) is 3. The summed E-state index contributed by atoms with van der Waals surface area (Å²) in [6.45, 7) is 1.95. The number of benzene rings is 1. The van der Waals surface area contributed by atoms with E-state index >= 15 is 0 Å². The third-order valence-corrected chi connectivity index (χ3v) is 3.09. The molecule has 0 saturated carbocycles. The first-order valence-corrected chi connectivity index (χ1v) is 5.67. The Bertz CT molecular complexity index is 350. The highest BCUT2D eigenvalue weighted by molar-refractivity contribution is 9.10. The van der Waals surface area contributed by atoms with Crippen molar-refractivity contribution < 1.29 is 9.47 Å². The predicted octanol–water partition coefficient (Wildman–Crippen LogP) is 2.15. The van der Waals surface area contributed by atoms with Crippen LogP contribution in [0, 0.1) is 0 Å². The smallest absolute Gasteiger partial charge is 0.175 e. The third-order valence-electron chi connectivity index (χ3n) is 2.47. The molecule has 0 spiro atoms. The second-order valence-corrected chi connectivity index (χ2v) is 4.59. The summed E-state index contributed by atoms with van der Waals surface area (Å²) in [7, 11) is 3.73. The molecule has 0 bridgehead atoms. The fourth-order valence-corrected chi connectivity index (χ4v) is 2.09. The number of halogens is 1. The summed E-state index contributed by atoms with van der Waals surface area (Å²) >= 11 is 3.47. The molecule has 1 aliphatic heterocycles. The van der Waals surface area contributed by atoms with Gasteiger partial charge in [0, 0.05) is 13.1 Å². The first kappa shape index (κ1) is 10.8. The molecule has 15 heavy (non-hydrogen) atoms. The van der Waals surface area contributed by atoms with Gasteiger partial charge in [-0.05, 0) is 35.1 Å². The van der Waals surface area contributed by atoms with E-state index in [1.807, 2.05) is 18.2 Å². The Kier molecular flexibility index (Phi) is 3.17. The van der Waals surface area contributed by atoms with Gasteiger partial charge in [0.05, 0.1) is 11.6 Å². The molecule has 1 fully saturated rings. The maximum absolute atomic E-state index is 5.86. The minimum Gasteiger partial charge on any atom is -0.493 e. The molecule has 0 unspecified atom stereocenters. The molecule has 1 saturated heterocycles. The zero-order valence-electron chi connectivity index (χ0n) is 8.87. The molecule has 0 amide bonds. The van der Waals surface area contributed by atoms with Crippen LogP contribution in [-0.2, 0) is 0 Å². The van der Waals surface area contributed by atoms with E-state index in [4.69, 9.17) is 9.47 Å². The van der Waals surface area contributed by atoms with E-state index in [1.54, 1.807) is 7.11 Å². The monoisotopic (exact) mass is 271 g/mol. The summed E-state index contributed by atoms with van der Waals surface area (Å²) in [4.78, 5) is 2.22. The second kappa shape index (κ2) is 4.41. The van der Waals surface area contributed by atoms with Crippen molar-refractivity contribution in [1.82, 2.24) is 4.90 Å². The molecular formula is C11H14BrNO2. The Morgan fingerprint density at radius 2 is 2.13 bits per heavy atom. The number of nitrogens with zero attached hydrogens (tertiary/aromatic N) is 1. The van der Waals surface area contributed by atoms with E-state index in [9.17, 15) is 0 Å². The summed E-state index contributed by atoms with van der Waals surface area (Å²) < 4.78 is 12.1. The lowest BCUT2D eigenvalue weighted by atomic mass is 10.2. The molecule has 1 aromatic rings. The molecule has 0 aromatic heterocycles. The number of likely N-dealkylation sites (N-methyl/N-ethyl adjacent to an activating group) is 1. The lowest BCUT2D eigenvalue weighted by Crippen LogP contribution is -2.51. The number of methoxy groups -OCH3 is 1. The molecule has 0 N–H and O–H groups in total. The highest BCUT2D eigenvalue weighted by Gasteiger charge is 2.26. The van der Waals surface area contributed by atoms with Crippen LogP contribution in [-0.4, -0.2) is 38.3 Å².